The van der Waals surface area contributed by atoms with E-state index in [2.05, 4.69) is 10.2 Å². The average molecular weight is 376 g/mol. The Morgan fingerprint density at radius 1 is 1.19 bits per heavy atom. The molecule has 0 aliphatic carbocycles. The minimum atomic E-state index is -0.589. The first-order chi connectivity index (χ1) is 12.5. The molecule has 3 rings (SSSR count). The van der Waals surface area contributed by atoms with Crippen molar-refractivity contribution in [2.75, 3.05) is 7.11 Å². The zero-order valence-electron chi connectivity index (χ0n) is 13.9. The van der Waals surface area contributed by atoms with Crippen LogP contribution >= 0.6 is 11.6 Å². The molecule has 0 aliphatic rings. The normalized spacial score (nSPS) is 11.8. The van der Waals surface area contributed by atoms with Gasteiger partial charge in [0.15, 0.2) is 6.10 Å². The minimum absolute atomic E-state index is 0.116. The van der Waals surface area contributed by atoms with Crippen LogP contribution in [0.4, 0.5) is 5.69 Å². The van der Waals surface area contributed by atoms with Crippen LogP contribution in [0.25, 0.3) is 11.5 Å². The van der Waals surface area contributed by atoms with Gasteiger partial charge in [-0.15, -0.1) is 10.2 Å². The molecule has 1 atom stereocenters. The van der Waals surface area contributed by atoms with Crippen LogP contribution < -0.4 is 9.47 Å². The Bertz CT molecular complexity index is 926. The van der Waals surface area contributed by atoms with E-state index in [1.165, 1.54) is 18.2 Å². The number of hydrogen-bond acceptors (Lipinski definition) is 7. The number of hydrogen-bond donors (Lipinski definition) is 0. The van der Waals surface area contributed by atoms with Crippen molar-refractivity contribution in [1.29, 1.82) is 0 Å². The maximum Gasteiger partial charge on any atom is 0.271 e. The van der Waals surface area contributed by atoms with Gasteiger partial charge in [-0.3, -0.25) is 10.1 Å². The van der Waals surface area contributed by atoms with Crippen LogP contribution in [0.1, 0.15) is 18.9 Å². The predicted molar refractivity (Wildman–Crippen MR) is 93.4 cm³/mol. The Morgan fingerprint density at radius 3 is 2.54 bits per heavy atom. The largest absolute Gasteiger partial charge is 0.497 e. The Kier molecular flexibility index (Phi) is 5.04. The number of nitro groups is 1. The van der Waals surface area contributed by atoms with Gasteiger partial charge in [0.25, 0.3) is 11.6 Å². The summed E-state index contributed by atoms with van der Waals surface area (Å²) in [5.74, 6) is 1.60. The van der Waals surface area contributed by atoms with E-state index >= 15 is 0 Å². The Morgan fingerprint density at radius 2 is 1.92 bits per heavy atom. The Hall–Kier alpha value is -3.13. The lowest BCUT2D eigenvalue weighted by Gasteiger charge is -2.12. The number of methoxy groups -OCH3 is 1. The molecule has 9 heteroatoms. The van der Waals surface area contributed by atoms with Gasteiger partial charge in [-0.1, -0.05) is 11.6 Å². The number of benzene rings is 2. The summed E-state index contributed by atoms with van der Waals surface area (Å²) < 4.78 is 16.4. The maximum absolute atomic E-state index is 10.8. The second-order valence-corrected chi connectivity index (χ2v) is 5.71. The van der Waals surface area contributed by atoms with Crippen molar-refractivity contribution in [2.24, 2.45) is 0 Å². The molecular formula is C17H14ClN3O5. The van der Waals surface area contributed by atoms with Crippen molar-refractivity contribution in [3.8, 4) is 23.0 Å². The quantitative estimate of drug-likeness (QED) is 0.463. The summed E-state index contributed by atoms with van der Waals surface area (Å²) in [6.07, 6.45) is -0.589. The Labute approximate surface area is 153 Å². The molecule has 3 aromatic rings. The van der Waals surface area contributed by atoms with E-state index in [9.17, 15) is 10.1 Å². The molecule has 134 valence electrons. The second-order valence-electron chi connectivity index (χ2n) is 5.31. The minimum Gasteiger partial charge on any atom is -0.497 e. The van der Waals surface area contributed by atoms with Gasteiger partial charge in [-0.05, 0) is 37.3 Å². The third-order valence-electron chi connectivity index (χ3n) is 3.56. The van der Waals surface area contributed by atoms with Crippen LogP contribution in [-0.4, -0.2) is 22.2 Å². The van der Waals surface area contributed by atoms with Crippen LogP contribution in [-0.2, 0) is 0 Å². The molecule has 0 saturated heterocycles. The van der Waals surface area contributed by atoms with Gasteiger partial charge in [0.2, 0.25) is 5.89 Å². The molecular weight excluding hydrogens is 362 g/mol. The van der Waals surface area contributed by atoms with Crippen LogP contribution in [0.15, 0.2) is 46.9 Å². The van der Waals surface area contributed by atoms with E-state index in [-0.39, 0.29) is 22.4 Å². The van der Waals surface area contributed by atoms with Crippen LogP contribution in [0, 0.1) is 10.1 Å². The molecule has 8 nitrogen and oxygen atoms in total. The molecule has 0 bridgehead atoms. The van der Waals surface area contributed by atoms with Gasteiger partial charge in [-0.25, -0.2) is 0 Å². The summed E-state index contributed by atoms with van der Waals surface area (Å²) in [6.45, 7) is 1.71. The Balaban J connectivity index is 1.75. The van der Waals surface area contributed by atoms with Crippen LogP contribution in [0.5, 0.6) is 11.5 Å². The third kappa shape index (κ3) is 3.75. The van der Waals surface area contributed by atoms with E-state index < -0.39 is 11.0 Å². The van der Waals surface area contributed by atoms with Gasteiger partial charge in [0.05, 0.1) is 17.1 Å². The lowest BCUT2D eigenvalue weighted by atomic mass is 10.2. The summed E-state index contributed by atoms with van der Waals surface area (Å²) in [5, 5.41) is 18.9. The van der Waals surface area contributed by atoms with Gasteiger partial charge < -0.3 is 13.9 Å². The number of nitro benzene ring substituents is 1. The molecule has 26 heavy (non-hydrogen) atoms. The molecule has 0 aliphatic heterocycles. The fourth-order valence-corrected chi connectivity index (χ4v) is 2.41. The molecule has 0 spiro atoms. The van der Waals surface area contributed by atoms with Crippen LogP contribution in [0.2, 0.25) is 5.02 Å². The molecule has 0 N–H and O–H groups in total. The maximum atomic E-state index is 10.8. The van der Waals surface area contributed by atoms with E-state index in [1.54, 1.807) is 38.3 Å². The molecule has 1 aromatic heterocycles. The highest BCUT2D eigenvalue weighted by Gasteiger charge is 2.19. The molecule has 0 radical (unpaired) electrons. The zero-order valence-corrected chi connectivity index (χ0v) is 14.6. The summed E-state index contributed by atoms with van der Waals surface area (Å²) in [7, 11) is 1.59. The van der Waals surface area contributed by atoms with Crippen molar-refractivity contribution in [3.63, 3.8) is 0 Å². The third-order valence-corrected chi connectivity index (χ3v) is 3.85. The fourth-order valence-electron chi connectivity index (χ4n) is 2.19. The lowest BCUT2D eigenvalue weighted by Crippen LogP contribution is -2.04. The average Bonchev–Trinajstić information content (AvgIpc) is 3.13. The smallest absolute Gasteiger partial charge is 0.271 e. The van der Waals surface area contributed by atoms with Crippen LogP contribution in [0.3, 0.4) is 0 Å². The first-order valence-corrected chi connectivity index (χ1v) is 7.94. The molecule has 2 aromatic carbocycles. The highest BCUT2D eigenvalue weighted by atomic mass is 35.5. The number of halogens is 1. The monoisotopic (exact) mass is 375 g/mol. The number of nitrogens with zero attached hydrogens (tertiary/aromatic N) is 3. The number of non-ortho nitro benzene ring substituents is 1. The molecule has 0 unspecified atom stereocenters. The van der Waals surface area contributed by atoms with E-state index in [0.29, 0.717) is 5.89 Å². The lowest BCUT2D eigenvalue weighted by molar-refractivity contribution is -0.384. The van der Waals surface area contributed by atoms with E-state index in [1.807, 2.05) is 0 Å². The number of ether oxygens (including phenoxy) is 2. The van der Waals surface area contributed by atoms with E-state index in [0.717, 1.165) is 11.3 Å². The molecule has 1 heterocycles. The van der Waals surface area contributed by atoms with Crippen molar-refractivity contribution >= 4 is 17.3 Å². The first-order valence-electron chi connectivity index (χ1n) is 7.56. The highest BCUT2D eigenvalue weighted by molar-refractivity contribution is 6.32. The van der Waals surface area contributed by atoms with Gasteiger partial charge in [-0.2, -0.15) is 0 Å². The summed E-state index contributed by atoms with van der Waals surface area (Å²) in [6, 6.07) is 11.1. The molecule has 0 amide bonds. The summed E-state index contributed by atoms with van der Waals surface area (Å²) >= 11 is 6.03. The predicted octanol–water partition coefficient (Wildman–Crippen LogP) is 4.45. The van der Waals surface area contributed by atoms with Crippen molar-refractivity contribution < 1.29 is 18.8 Å². The van der Waals surface area contributed by atoms with Gasteiger partial charge >= 0.3 is 0 Å². The van der Waals surface area contributed by atoms with Gasteiger partial charge in [0.1, 0.15) is 11.5 Å². The molecule has 0 saturated carbocycles. The molecule has 0 fully saturated rings. The van der Waals surface area contributed by atoms with Crippen molar-refractivity contribution in [3.05, 3.63) is 63.5 Å². The second kappa shape index (κ2) is 7.40. The SMILES string of the molecule is COc1ccc(-c2nnc([C@H](C)Oc3ccc([N+](=O)[O-])cc3Cl)o2)cc1. The standard InChI is InChI=1S/C17H14ClN3O5/c1-10(25-15-8-5-12(21(22)23)9-14(15)18)16-19-20-17(26-16)11-3-6-13(24-2)7-4-11/h3-10H,1-2H3/t10-/m0/s1. The number of aromatic nitrogens is 2. The highest BCUT2D eigenvalue weighted by Crippen LogP contribution is 2.32. The van der Waals surface area contributed by atoms with Crippen molar-refractivity contribution in [1.82, 2.24) is 10.2 Å². The number of rotatable bonds is 6. The zero-order chi connectivity index (χ0) is 18.7. The summed E-state index contributed by atoms with van der Waals surface area (Å²) in [4.78, 5) is 10.2. The van der Waals surface area contributed by atoms with Crippen molar-refractivity contribution in [2.45, 2.75) is 13.0 Å². The van der Waals surface area contributed by atoms with E-state index in [4.69, 9.17) is 25.5 Å². The topological polar surface area (TPSA) is 101 Å². The fraction of sp³-hybridized carbons (Fsp3) is 0.176. The first kappa shape index (κ1) is 17.7. The summed E-state index contributed by atoms with van der Waals surface area (Å²) in [5.41, 5.74) is 0.625. The van der Waals surface area contributed by atoms with Gasteiger partial charge in [0, 0.05) is 17.7 Å².